The van der Waals surface area contributed by atoms with E-state index in [4.69, 9.17) is 5.73 Å². The summed E-state index contributed by atoms with van der Waals surface area (Å²) in [5.74, 6) is 2.25. The van der Waals surface area contributed by atoms with Crippen LogP contribution in [-0.2, 0) is 0 Å². The Morgan fingerprint density at radius 3 is 2.78 bits per heavy atom. The minimum Gasteiger partial charge on any atom is -0.327 e. The average molecular weight is 264 g/mol. The van der Waals surface area contributed by atoms with Crippen LogP contribution >= 0.6 is 9.39 Å². The molecular weight excluding hydrogens is 239 g/mol. The number of hydrogen-bond acceptors (Lipinski definition) is 2. The van der Waals surface area contributed by atoms with Gasteiger partial charge in [-0.25, -0.2) is 0 Å². The van der Waals surface area contributed by atoms with Crippen LogP contribution in [0.4, 0.5) is 0 Å². The van der Waals surface area contributed by atoms with Crippen molar-refractivity contribution in [1.82, 2.24) is 4.67 Å². The lowest BCUT2D eigenvalue weighted by atomic mass is 9.70. The number of allylic oxidation sites excluding steroid dienone is 2. The van der Waals surface area contributed by atoms with Crippen LogP contribution in [0, 0.1) is 23.2 Å². The largest absolute Gasteiger partial charge is 0.327 e. The molecule has 1 saturated heterocycles. The van der Waals surface area contributed by atoms with Crippen molar-refractivity contribution < 1.29 is 0 Å². The summed E-state index contributed by atoms with van der Waals surface area (Å²) < 4.78 is 2.39. The smallest absolute Gasteiger partial charge is 0.0124 e. The maximum atomic E-state index is 6.08. The van der Waals surface area contributed by atoms with Crippen molar-refractivity contribution in [2.75, 3.05) is 13.1 Å². The van der Waals surface area contributed by atoms with Gasteiger partial charge in [-0.3, -0.25) is 4.67 Å². The first-order valence-electron chi connectivity index (χ1n) is 7.17. The van der Waals surface area contributed by atoms with Crippen LogP contribution in [-0.4, -0.2) is 23.8 Å². The Labute approximate surface area is 113 Å². The summed E-state index contributed by atoms with van der Waals surface area (Å²) >= 11 is 0. The van der Waals surface area contributed by atoms with Crippen LogP contribution in [0.2, 0.25) is 0 Å². The number of rotatable bonds is 3. The molecule has 2 N–H and O–H groups in total. The van der Waals surface area contributed by atoms with E-state index in [2.05, 4.69) is 46.1 Å². The van der Waals surface area contributed by atoms with Crippen LogP contribution in [0.5, 0.6) is 0 Å². The van der Waals surface area contributed by atoms with E-state index < -0.39 is 0 Å². The molecule has 6 unspecified atom stereocenters. The molecule has 2 aliphatic carbocycles. The van der Waals surface area contributed by atoms with Crippen molar-refractivity contribution in [2.45, 2.75) is 32.7 Å². The Balaban J connectivity index is 1.70. The lowest BCUT2D eigenvalue weighted by molar-refractivity contribution is 0.202. The molecule has 3 aliphatic rings. The summed E-state index contributed by atoms with van der Waals surface area (Å²) in [5, 5.41) is 0. The Morgan fingerprint density at radius 1 is 1.50 bits per heavy atom. The molecule has 0 radical (unpaired) electrons. The number of nitrogens with zero attached hydrogens (tertiary/aromatic N) is 1. The molecule has 1 heterocycles. The van der Waals surface area contributed by atoms with Crippen LogP contribution in [0.1, 0.15) is 26.7 Å². The molecule has 100 valence electrons. The number of fused-ring (bicyclic) bond motifs is 1. The summed E-state index contributed by atoms with van der Waals surface area (Å²) in [6.45, 7) is 6.94. The van der Waals surface area contributed by atoms with Gasteiger partial charge in [0.05, 0.1) is 0 Å². The molecule has 2 nitrogen and oxygen atoms in total. The van der Waals surface area contributed by atoms with Crippen molar-refractivity contribution in [3.8, 4) is 0 Å². The first-order valence-corrected chi connectivity index (χ1v) is 7.68. The highest BCUT2D eigenvalue weighted by Gasteiger charge is 2.60. The van der Waals surface area contributed by atoms with Gasteiger partial charge in [0, 0.05) is 24.5 Å². The van der Waals surface area contributed by atoms with E-state index in [1.807, 2.05) is 0 Å². The summed E-state index contributed by atoms with van der Waals surface area (Å²) in [7, 11) is 2.86. The number of piperidine rings is 1. The number of hydrogen-bond donors (Lipinski definition) is 1. The van der Waals surface area contributed by atoms with Gasteiger partial charge < -0.3 is 5.73 Å². The predicted molar refractivity (Wildman–Crippen MR) is 80.0 cm³/mol. The highest BCUT2D eigenvalue weighted by molar-refractivity contribution is 7.13. The van der Waals surface area contributed by atoms with E-state index in [0.29, 0.717) is 17.4 Å². The van der Waals surface area contributed by atoms with Gasteiger partial charge in [0.25, 0.3) is 0 Å². The second-order valence-electron chi connectivity index (χ2n) is 6.54. The predicted octanol–water partition coefficient (Wildman–Crippen LogP) is 2.58. The minimum atomic E-state index is 0.392. The van der Waals surface area contributed by atoms with E-state index in [0.717, 1.165) is 11.8 Å². The monoisotopic (exact) mass is 264 g/mol. The molecule has 1 aliphatic heterocycles. The fourth-order valence-electron chi connectivity index (χ4n) is 4.04. The van der Waals surface area contributed by atoms with E-state index in [-0.39, 0.29) is 0 Å². The fraction of sp³-hybridized carbons (Fsp3) is 0.733. The zero-order valence-corrected chi connectivity index (χ0v) is 12.6. The maximum Gasteiger partial charge on any atom is 0.0124 e. The molecule has 0 spiro atoms. The molecule has 6 atom stereocenters. The fourth-order valence-corrected chi connectivity index (χ4v) is 4.62. The van der Waals surface area contributed by atoms with E-state index in [1.54, 1.807) is 5.57 Å². The third-order valence-electron chi connectivity index (χ3n) is 5.35. The standard InChI is InChI=1S/C15H25N2P/c1-3-11(4-5-13-10(2)6-14(13)16)15-7-12(15)8-17(18)9-15/h3-5,10,12-14H,6-9,16,18H2,1-2H3/b5-4-,11-3+. The summed E-state index contributed by atoms with van der Waals surface area (Å²) in [6.07, 6.45) is 9.64. The van der Waals surface area contributed by atoms with Crippen molar-refractivity contribution in [3.63, 3.8) is 0 Å². The van der Waals surface area contributed by atoms with Crippen LogP contribution in [0.25, 0.3) is 0 Å². The first kappa shape index (κ1) is 12.8. The molecule has 3 rings (SSSR count). The van der Waals surface area contributed by atoms with Gasteiger partial charge in [-0.2, -0.15) is 0 Å². The van der Waals surface area contributed by atoms with Gasteiger partial charge in [0.15, 0.2) is 0 Å². The first-order chi connectivity index (χ1) is 8.56. The van der Waals surface area contributed by atoms with E-state index >= 15 is 0 Å². The Hall–Kier alpha value is -0.170. The summed E-state index contributed by atoms with van der Waals surface area (Å²) in [6, 6.07) is 0.392. The molecule has 3 heteroatoms. The van der Waals surface area contributed by atoms with Crippen molar-refractivity contribution in [3.05, 3.63) is 23.8 Å². The Morgan fingerprint density at radius 2 is 2.28 bits per heavy atom. The second kappa shape index (κ2) is 4.44. The second-order valence-corrected chi connectivity index (χ2v) is 7.27. The summed E-state index contributed by atoms with van der Waals surface area (Å²) in [4.78, 5) is 0. The molecule has 2 saturated carbocycles. The highest BCUT2D eigenvalue weighted by Crippen LogP contribution is 2.63. The molecule has 0 bridgehead atoms. The van der Waals surface area contributed by atoms with Crippen LogP contribution < -0.4 is 5.73 Å². The van der Waals surface area contributed by atoms with Crippen LogP contribution in [0.15, 0.2) is 23.8 Å². The molecule has 0 aromatic heterocycles. The van der Waals surface area contributed by atoms with Gasteiger partial charge in [0.1, 0.15) is 0 Å². The molecular formula is C15H25N2P. The van der Waals surface area contributed by atoms with E-state index in [9.17, 15) is 0 Å². The van der Waals surface area contributed by atoms with Crippen molar-refractivity contribution in [2.24, 2.45) is 28.9 Å². The van der Waals surface area contributed by atoms with Gasteiger partial charge in [-0.05, 0) is 43.1 Å². The van der Waals surface area contributed by atoms with Crippen molar-refractivity contribution >= 4 is 9.39 Å². The zero-order valence-electron chi connectivity index (χ0n) is 11.5. The zero-order chi connectivity index (χ0) is 12.9. The van der Waals surface area contributed by atoms with Gasteiger partial charge in [-0.1, -0.05) is 34.5 Å². The van der Waals surface area contributed by atoms with Gasteiger partial charge >= 0.3 is 0 Å². The van der Waals surface area contributed by atoms with Crippen molar-refractivity contribution in [1.29, 1.82) is 0 Å². The lowest BCUT2D eigenvalue weighted by Gasteiger charge is -2.38. The molecule has 0 aromatic rings. The minimum absolute atomic E-state index is 0.392. The molecule has 18 heavy (non-hydrogen) atoms. The lowest BCUT2D eigenvalue weighted by Crippen LogP contribution is -2.44. The molecule has 0 amide bonds. The topological polar surface area (TPSA) is 29.3 Å². The van der Waals surface area contributed by atoms with Crippen LogP contribution in [0.3, 0.4) is 0 Å². The Kier molecular flexibility index (Phi) is 3.17. The third-order valence-corrected chi connectivity index (χ3v) is 5.74. The quantitative estimate of drug-likeness (QED) is 0.627. The number of nitrogens with two attached hydrogens (primary N) is 1. The highest BCUT2D eigenvalue weighted by atomic mass is 31.0. The van der Waals surface area contributed by atoms with Gasteiger partial charge in [0.2, 0.25) is 0 Å². The molecule has 3 fully saturated rings. The van der Waals surface area contributed by atoms with E-state index in [1.165, 1.54) is 25.9 Å². The maximum absolute atomic E-state index is 6.08. The SMILES string of the molecule is C/C=C(\C=C/C1C(C)CC1N)C12CC1CN(P)C2. The normalized spacial score (nSPS) is 48.3. The Bertz CT molecular complexity index is 395. The van der Waals surface area contributed by atoms with Gasteiger partial charge in [-0.15, -0.1) is 0 Å². The average Bonchev–Trinajstić information content (AvgIpc) is 2.88. The third kappa shape index (κ3) is 1.90. The molecule has 0 aromatic carbocycles. The summed E-state index contributed by atoms with van der Waals surface area (Å²) in [5.41, 5.74) is 8.10.